The monoisotopic (exact) mass is 930 g/mol. The van der Waals surface area contributed by atoms with Gasteiger partial charge in [0.15, 0.2) is 0 Å². The van der Waals surface area contributed by atoms with Crippen molar-refractivity contribution < 1.29 is 48.8 Å². The van der Waals surface area contributed by atoms with E-state index in [2.05, 4.69) is 9.97 Å². The Kier molecular flexibility index (Phi) is 16.7. The summed E-state index contributed by atoms with van der Waals surface area (Å²) in [5.41, 5.74) is 17.5. The van der Waals surface area contributed by atoms with E-state index in [1.165, 1.54) is 34.5 Å². The van der Waals surface area contributed by atoms with E-state index in [1.54, 1.807) is 98.8 Å². The zero-order chi connectivity index (χ0) is 48.2. The maximum absolute atomic E-state index is 13.0. The zero-order valence-electron chi connectivity index (χ0n) is 37.0. The SMILES string of the molecule is COc1ccc2c(c1)c(CC(=O)[O-])c(C)n2C(=O)c1ccc(Cl)cc1.COc1ccc2c(c1)c(CC(=O)[O-])c(C)n2C(=O)c1ccc(Cl)cc1.Cc1ccc(N)[nH+]c1.Cc1ccc(N)[nH+]c1. The fraction of sp³-hybridized carbons (Fsp3) is 0.160. The Balaban J connectivity index is 0.000000186. The highest BCUT2D eigenvalue weighted by molar-refractivity contribution is 6.31. The number of aromatic nitrogens is 4. The fourth-order valence-electron chi connectivity index (χ4n) is 6.91. The minimum absolute atomic E-state index is 0.256. The number of carbonyl (C=O) groups is 4. The van der Waals surface area contributed by atoms with Crippen LogP contribution in [-0.2, 0) is 22.4 Å². The number of carboxylic acids is 2. The molecular weight excluding hydrogens is 883 g/mol. The van der Waals surface area contributed by atoms with Crippen molar-refractivity contribution in [3.63, 3.8) is 0 Å². The summed E-state index contributed by atoms with van der Waals surface area (Å²) in [5, 5.41) is 24.7. The second-order valence-electron chi connectivity index (χ2n) is 14.9. The number of pyridine rings is 2. The van der Waals surface area contributed by atoms with Gasteiger partial charge >= 0.3 is 0 Å². The third kappa shape index (κ3) is 12.3. The Morgan fingerprint density at radius 2 is 0.894 bits per heavy atom. The van der Waals surface area contributed by atoms with Gasteiger partial charge in [-0.15, -0.1) is 0 Å². The molecule has 4 aromatic heterocycles. The van der Waals surface area contributed by atoms with Gasteiger partial charge in [0.25, 0.3) is 23.5 Å². The predicted molar refractivity (Wildman–Crippen MR) is 251 cm³/mol. The number of nitrogens with two attached hydrogens (primary N) is 2. The lowest BCUT2D eigenvalue weighted by atomic mass is 10.1. The number of benzene rings is 4. The van der Waals surface area contributed by atoms with Crippen molar-refractivity contribution in [2.45, 2.75) is 40.5 Å². The van der Waals surface area contributed by atoms with Crippen LogP contribution in [0.1, 0.15) is 54.4 Å². The molecule has 8 aromatic rings. The molecule has 0 atom stereocenters. The molecule has 6 N–H and O–H groups in total. The molecule has 16 heteroatoms. The molecule has 8 rings (SSSR count). The highest BCUT2D eigenvalue weighted by atomic mass is 35.5. The second-order valence-corrected chi connectivity index (χ2v) is 15.8. The molecule has 4 aromatic carbocycles. The molecule has 0 saturated heterocycles. The van der Waals surface area contributed by atoms with Gasteiger partial charge in [0.1, 0.15) is 11.5 Å². The number of rotatable bonds is 8. The van der Waals surface area contributed by atoms with E-state index in [4.69, 9.17) is 44.1 Å². The van der Waals surface area contributed by atoms with E-state index in [1.807, 2.05) is 50.5 Å². The quantitative estimate of drug-likeness (QED) is 0.182. The van der Waals surface area contributed by atoms with E-state index >= 15 is 0 Å². The Bertz CT molecular complexity index is 2760. The number of halogens is 2. The summed E-state index contributed by atoms with van der Waals surface area (Å²) < 4.78 is 13.5. The summed E-state index contributed by atoms with van der Waals surface area (Å²) in [6.07, 6.45) is 3.18. The van der Waals surface area contributed by atoms with Crippen LogP contribution in [0.25, 0.3) is 21.8 Å². The number of nitrogen functional groups attached to an aromatic ring is 2. The van der Waals surface area contributed by atoms with Gasteiger partial charge in [-0.05, 0) is 147 Å². The van der Waals surface area contributed by atoms with Gasteiger partial charge in [0, 0.05) is 80.2 Å². The van der Waals surface area contributed by atoms with E-state index in [9.17, 15) is 29.4 Å². The van der Waals surface area contributed by atoms with Crippen LogP contribution in [0.5, 0.6) is 11.5 Å². The molecule has 0 fully saturated rings. The van der Waals surface area contributed by atoms with Gasteiger partial charge < -0.3 is 29.3 Å². The number of hydrogen-bond acceptors (Lipinski definition) is 10. The number of aryl methyl sites for hydroxylation is 2. The third-order valence-electron chi connectivity index (χ3n) is 10.3. The van der Waals surface area contributed by atoms with Crippen molar-refractivity contribution in [1.82, 2.24) is 9.13 Å². The summed E-state index contributed by atoms with van der Waals surface area (Å²) in [6.45, 7) is 7.46. The van der Waals surface area contributed by atoms with Gasteiger partial charge in [-0.1, -0.05) is 23.2 Å². The molecule has 14 nitrogen and oxygen atoms in total. The molecule has 0 saturated carbocycles. The molecule has 340 valence electrons. The summed E-state index contributed by atoms with van der Waals surface area (Å²) in [6, 6.07) is 31.1. The number of nitrogens with one attached hydrogen (secondary N) is 2. The average Bonchev–Trinajstić information content (AvgIpc) is 3.72. The highest BCUT2D eigenvalue weighted by Gasteiger charge is 2.22. The summed E-state index contributed by atoms with van der Waals surface area (Å²) in [7, 11) is 3.06. The number of fused-ring (bicyclic) bond motifs is 2. The molecule has 0 aliphatic rings. The highest BCUT2D eigenvalue weighted by Crippen LogP contribution is 2.32. The predicted octanol–water partition coefficient (Wildman–Crippen LogP) is 5.97. The first-order valence-corrected chi connectivity index (χ1v) is 21.0. The third-order valence-corrected chi connectivity index (χ3v) is 10.8. The number of aliphatic carboxylic acids is 2. The zero-order valence-corrected chi connectivity index (χ0v) is 38.5. The minimum Gasteiger partial charge on any atom is -0.550 e. The first kappa shape index (κ1) is 49.3. The lowest BCUT2D eigenvalue weighted by Crippen LogP contribution is -2.25. The number of ether oxygens (including phenoxy) is 2. The molecule has 0 unspecified atom stereocenters. The van der Waals surface area contributed by atoms with Crippen LogP contribution in [-0.4, -0.2) is 47.1 Å². The Hall–Kier alpha value is -7.68. The molecule has 0 radical (unpaired) electrons. The van der Waals surface area contributed by atoms with Crippen LogP contribution in [0.2, 0.25) is 10.0 Å². The topological polar surface area (TPSA) is 223 Å². The van der Waals surface area contributed by atoms with Crippen molar-refractivity contribution >= 4 is 80.4 Å². The smallest absolute Gasteiger partial charge is 0.270 e. The summed E-state index contributed by atoms with van der Waals surface area (Å²) in [4.78, 5) is 54.0. The number of H-pyrrole nitrogens is 2. The number of nitrogens with zero attached hydrogens (tertiary/aromatic N) is 2. The number of methoxy groups -OCH3 is 2. The van der Waals surface area contributed by atoms with Crippen molar-refractivity contribution in [1.29, 1.82) is 0 Å². The Labute approximate surface area is 391 Å². The van der Waals surface area contributed by atoms with Gasteiger partial charge in [-0.25, -0.2) is 9.97 Å². The van der Waals surface area contributed by atoms with Crippen molar-refractivity contribution in [2.75, 3.05) is 25.7 Å². The lowest BCUT2D eigenvalue weighted by molar-refractivity contribution is -0.361. The molecule has 0 amide bonds. The lowest BCUT2D eigenvalue weighted by Gasteiger charge is -2.08. The van der Waals surface area contributed by atoms with E-state index in [0.29, 0.717) is 88.6 Å². The van der Waals surface area contributed by atoms with E-state index < -0.39 is 11.9 Å². The van der Waals surface area contributed by atoms with Crippen LogP contribution in [0.15, 0.2) is 122 Å². The number of carboxylic acid groups (broad SMARTS) is 2. The first-order valence-electron chi connectivity index (χ1n) is 20.3. The largest absolute Gasteiger partial charge is 0.550 e. The van der Waals surface area contributed by atoms with Gasteiger partial charge in [-0.3, -0.25) is 30.2 Å². The molecule has 66 heavy (non-hydrogen) atoms. The van der Waals surface area contributed by atoms with Crippen molar-refractivity contribution in [2.24, 2.45) is 0 Å². The maximum Gasteiger partial charge on any atom is 0.270 e. The van der Waals surface area contributed by atoms with E-state index in [0.717, 1.165) is 0 Å². The number of anilines is 2. The molecule has 0 spiro atoms. The van der Waals surface area contributed by atoms with Gasteiger partial charge in [0.2, 0.25) is 0 Å². The van der Waals surface area contributed by atoms with Crippen LogP contribution in [0.4, 0.5) is 11.6 Å². The molecular formula is C50H48Cl2N6O8. The van der Waals surface area contributed by atoms with Crippen LogP contribution < -0.4 is 41.1 Å². The number of hydrogen-bond donors (Lipinski definition) is 2. The fourth-order valence-corrected chi connectivity index (χ4v) is 7.16. The normalized spacial score (nSPS) is 10.4. The van der Waals surface area contributed by atoms with E-state index in [-0.39, 0.29) is 24.7 Å². The van der Waals surface area contributed by atoms with Crippen LogP contribution in [0, 0.1) is 27.7 Å². The number of aromatic amines is 2. The maximum atomic E-state index is 13.0. The van der Waals surface area contributed by atoms with Gasteiger partial charge in [0.05, 0.1) is 37.6 Å². The van der Waals surface area contributed by atoms with Crippen LogP contribution in [0.3, 0.4) is 0 Å². The van der Waals surface area contributed by atoms with Gasteiger partial charge in [-0.2, -0.15) is 0 Å². The molecule has 0 bridgehead atoms. The first-order chi connectivity index (χ1) is 31.4. The average molecular weight is 932 g/mol. The number of carbonyl (C=O) groups excluding carboxylic acids is 4. The van der Waals surface area contributed by atoms with Crippen molar-refractivity contribution in [3.05, 3.63) is 176 Å². The standard InChI is InChI=1S/2C19H16ClNO4.2C6H8N2/c2*1-11-15(10-18(22)23)16-9-14(25-2)7-8-17(16)21(11)19(24)12-3-5-13(20)6-4-12;2*1-5-2-3-6(7)8-4-5/h2*3-9H,10H2,1-2H3,(H,22,23);2*2-4H,1H3,(H2,7,8). The second kappa shape index (κ2) is 22.3. The Morgan fingerprint density at radius 1 is 0.545 bits per heavy atom. The molecule has 4 heterocycles. The van der Waals surface area contributed by atoms with Crippen LogP contribution >= 0.6 is 23.2 Å². The molecule has 0 aliphatic heterocycles. The summed E-state index contributed by atoms with van der Waals surface area (Å²) in [5.74, 6) is -0.340. The Morgan fingerprint density at radius 3 is 1.17 bits per heavy atom. The molecule has 0 aliphatic carbocycles. The van der Waals surface area contributed by atoms with Crippen molar-refractivity contribution in [3.8, 4) is 11.5 Å². The minimum atomic E-state index is -1.20. The summed E-state index contributed by atoms with van der Waals surface area (Å²) >= 11 is 11.8.